The highest BCUT2D eigenvalue weighted by molar-refractivity contribution is 6.05. The fraction of sp³-hybridized carbons (Fsp3) is 0. The lowest BCUT2D eigenvalue weighted by Gasteiger charge is -2.08. The van der Waals surface area contributed by atoms with Crippen LogP contribution in [0.2, 0.25) is 0 Å². The monoisotopic (exact) mass is 356 g/mol. The average molecular weight is 356 g/mol. The summed E-state index contributed by atoms with van der Waals surface area (Å²) < 4.78 is 5.72. The van der Waals surface area contributed by atoms with Crippen molar-refractivity contribution in [2.75, 3.05) is 5.32 Å². The minimum absolute atomic E-state index is 0.0679. The van der Waals surface area contributed by atoms with Gasteiger partial charge in [0.05, 0.1) is 0 Å². The molecule has 4 aromatic rings. The van der Waals surface area contributed by atoms with Crippen molar-refractivity contribution in [3.05, 3.63) is 101 Å². The van der Waals surface area contributed by atoms with Crippen LogP contribution >= 0.6 is 0 Å². The molecule has 0 saturated heterocycles. The summed E-state index contributed by atoms with van der Waals surface area (Å²) in [5, 5.41) is 3.22. The normalized spacial score (nSPS) is 10.5. The van der Waals surface area contributed by atoms with E-state index >= 15 is 0 Å². The summed E-state index contributed by atoms with van der Waals surface area (Å²) in [6, 6.07) is 23.5. The van der Waals surface area contributed by atoms with Crippen molar-refractivity contribution < 1.29 is 9.53 Å². The molecule has 1 amide bonds. The topological polar surface area (TPSA) is 71.2 Å². The van der Waals surface area contributed by atoms with E-state index < -0.39 is 5.91 Å². The molecule has 0 aliphatic carbocycles. The molecule has 2 N–H and O–H groups in total. The number of H-pyrrole nitrogens is 1. The summed E-state index contributed by atoms with van der Waals surface area (Å²) in [5.41, 5.74) is 1.04. The number of carbonyl (C=O) groups excluding carboxylic acids is 1. The van der Waals surface area contributed by atoms with Gasteiger partial charge < -0.3 is 15.0 Å². The van der Waals surface area contributed by atoms with Crippen molar-refractivity contribution in [2.24, 2.45) is 0 Å². The van der Waals surface area contributed by atoms with Gasteiger partial charge in [-0.1, -0.05) is 30.3 Å². The Hall–Kier alpha value is -3.86. The Morgan fingerprint density at radius 2 is 1.48 bits per heavy atom. The number of hydrogen-bond acceptors (Lipinski definition) is 3. The maximum Gasteiger partial charge on any atom is 0.261 e. The maximum atomic E-state index is 12.5. The van der Waals surface area contributed by atoms with Crippen LogP contribution in [0.25, 0.3) is 10.9 Å². The molecule has 0 fully saturated rings. The second-order valence-corrected chi connectivity index (χ2v) is 5.97. The number of carbonyl (C=O) groups is 1. The number of ether oxygens (including phenoxy) is 1. The first-order chi connectivity index (χ1) is 13.2. The van der Waals surface area contributed by atoms with Gasteiger partial charge in [0.1, 0.15) is 17.1 Å². The van der Waals surface area contributed by atoms with Gasteiger partial charge in [-0.3, -0.25) is 9.59 Å². The van der Waals surface area contributed by atoms with Crippen molar-refractivity contribution in [1.82, 2.24) is 4.98 Å². The minimum Gasteiger partial charge on any atom is -0.457 e. The molecular formula is C22H16N2O3. The number of benzene rings is 3. The van der Waals surface area contributed by atoms with E-state index in [2.05, 4.69) is 10.3 Å². The van der Waals surface area contributed by atoms with E-state index in [1.807, 2.05) is 36.4 Å². The Labute approximate surface area is 155 Å². The number of fused-ring (bicyclic) bond motifs is 1. The maximum absolute atomic E-state index is 12.5. The number of pyridine rings is 1. The molecule has 27 heavy (non-hydrogen) atoms. The summed E-state index contributed by atoms with van der Waals surface area (Å²) in [7, 11) is 0. The highest BCUT2D eigenvalue weighted by atomic mass is 16.5. The van der Waals surface area contributed by atoms with Gasteiger partial charge in [-0.2, -0.15) is 0 Å². The predicted octanol–water partition coefficient (Wildman–Crippen LogP) is 4.57. The van der Waals surface area contributed by atoms with Crippen LogP contribution in [0, 0.1) is 0 Å². The van der Waals surface area contributed by atoms with E-state index in [0.29, 0.717) is 22.3 Å². The van der Waals surface area contributed by atoms with Crippen molar-refractivity contribution in [2.45, 2.75) is 0 Å². The van der Waals surface area contributed by atoms with E-state index in [-0.39, 0.29) is 11.0 Å². The summed E-state index contributed by atoms with van der Waals surface area (Å²) in [4.78, 5) is 28.0. The first-order valence-electron chi connectivity index (χ1n) is 8.45. The first-order valence-corrected chi connectivity index (χ1v) is 8.45. The van der Waals surface area contributed by atoms with Crippen LogP contribution in [0.1, 0.15) is 10.4 Å². The van der Waals surface area contributed by atoms with E-state index in [1.54, 1.807) is 42.5 Å². The molecule has 0 aliphatic rings. The zero-order valence-corrected chi connectivity index (χ0v) is 14.3. The van der Waals surface area contributed by atoms with Crippen LogP contribution in [0.4, 0.5) is 5.69 Å². The van der Waals surface area contributed by atoms with E-state index in [0.717, 1.165) is 5.75 Å². The Morgan fingerprint density at radius 3 is 2.26 bits per heavy atom. The highest BCUT2D eigenvalue weighted by Gasteiger charge is 2.13. The molecule has 0 saturated carbocycles. The molecule has 0 aliphatic heterocycles. The van der Waals surface area contributed by atoms with Crippen molar-refractivity contribution in [1.29, 1.82) is 0 Å². The number of hydrogen-bond donors (Lipinski definition) is 2. The van der Waals surface area contributed by atoms with Gasteiger partial charge in [-0.15, -0.1) is 0 Å². The molecule has 4 rings (SSSR count). The number of aromatic nitrogens is 1. The molecule has 5 nitrogen and oxygen atoms in total. The zero-order valence-electron chi connectivity index (χ0n) is 14.3. The van der Waals surface area contributed by atoms with Gasteiger partial charge >= 0.3 is 0 Å². The third kappa shape index (κ3) is 3.57. The Balaban J connectivity index is 1.51. The van der Waals surface area contributed by atoms with Crippen LogP contribution in [0.5, 0.6) is 11.5 Å². The largest absolute Gasteiger partial charge is 0.457 e. The Kier molecular flexibility index (Phi) is 4.41. The quantitative estimate of drug-likeness (QED) is 0.562. The van der Waals surface area contributed by atoms with Crippen molar-refractivity contribution in [3.8, 4) is 11.5 Å². The Morgan fingerprint density at radius 1 is 0.815 bits per heavy atom. The zero-order chi connectivity index (χ0) is 18.6. The lowest BCUT2D eigenvalue weighted by atomic mass is 10.1. The number of nitrogens with one attached hydrogen (secondary N) is 2. The number of aromatic amines is 1. The van der Waals surface area contributed by atoms with E-state index in [4.69, 9.17) is 4.74 Å². The summed E-state index contributed by atoms with van der Waals surface area (Å²) in [6.45, 7) is 0. The van der Waals surface area contributed by atoms with Gasteiger partial charge in [0.15, 0.2) is 0 Å². The average Bonchev–Trinajstić information content (AvgIpc) is 2.71. The van der Waals surface area contributed by atoms with Crippen LogP contribution < -0.4 is 15.5 Å². The highest BCUT2D eigenvalue weighted by Crippen LogP contribution is 2.22. The van der Waals surface area contributed by atoms with Crippen LogP contribution in [0.3, 0.4) is 0 Å². The van der Waals surface area contributed by atoms with Crippen molar-refractivity contribution in [3.63, 3.8) is 0 Å². The third-order valence-corrected chi connectivity index (χ3v) is 4.12. The molecular weight excluding hydrogens is 340 g/mol. The first kappa shape index (κ1) is 16.6. The molecule has 0 bridgehead atoms. The standard InChI is InChI=1S/C22H16N2O3/c25-21-18-8-4-5-9-20(18)23-14-19(21)22(26)24-15-10-12-17(13-11-15)27-16-6-2-1-3-7-16/h1-14H,(H,23,25)(H,24,26). The molecule has 0 spiro atoms. The minimum atomic E-state index is -0.460. The second-order valence-electron chi connectivity index (χ2n) is 5.97. The smallest absolute Gasteiger partial charge is 0.261 e. The van der Waals surface area contributed by atoms with Gasteiger partial charge in [0, 0.05) is 22.8 Å². The van der Waals surface area contributed by atoms with Gasteiger partial charge in [0.25, 0.3) is 5.91 Å². The molecule has 0 atom stereocenters. The van der Waals surface area contributed by atoms with E-state index in [1.165, 1.54) is 6.20 Å². The van der Waals surface area contributed by atoms with Gasteiger partial charge in [-0.25, -0.2) is 0 Å². The Bertz CT molecular complexity index is 1150. The molecule has 0 radical (unpaired) electrons. The number of rotatable bonds is 4. The lowest BCUT2D eigenvalue weighted by molar-refractivity contribution is 0.102. The molecule has 0 unspecified atom stereocenters. The van der Waals surface area contributed by atoms with Gasteiger partial charge in [-0.05, 0) is 48.5 Å². The van der Waals surface area contributed by atoms with Crippen molar-refractivity contribution >= 4 is 22.5 Å². The number of anilines is 1. The molecule has 1 aromatic heterocycles. The van der Waals surface area contributed by atoms with Gasteiger partial charge in [0.2, 0.25) is 5.43 Å². The van der Waals surface area contributed by atoms with Crippen LogP contribution in [-0.2, 0) is 0 Å². The molecule has 132 valence electrons. The fourth-order valence-corrected chi connectivity index (χ4v) is 2.77. The predicted molar refractivity (Wildman–Crippen MR) is 105 cm³/mol. The summed E-state index contributed by atoms with van der Waals surface area (Å²) in [5.74, 6) is 0.929. The van der Waals surface area contributed by atoms with Crippen LogP contribution in [0.15, 0.2) is 89.9 Å². The molecule has 3 aromatic carbocycles. The number of amides is 1. The van der Waals surface area contributed by atoms with Crippen LogP contribution in [-0.4, -0.2) is 10.9 Å². The fourth-order valence-electron chi connectivity index (χ4n) is 2.77. The third-order valence-electron chi connectivity index (χ3n) is 4.12. The lowest BCUT2D eigenvalue weighted by Crippen LogP contribution is -2.21. The summed E-state index contributed by atoms with van der Waals surface area (Å²) >= 11 is 0. The summed E-state index contributed by atoms with van der Waals surface area (Å²) in [6.07, 6.45) is 1.44. The SMILES string of the molecule is O=C(Nc1ccc(Oc2ccccc2)cc1)c1c[nH]c2ccccc2c1=O. The molecule has 5 heteroatoms. The number of para-hydroxylation sites is 2. The van der Waals surface area contributed by atoms with E-state index in [9.17, 15) is 9.59 Å². The second kappa shape index (κ2) is 7.17. The molecule has 1 heterocycles.